The summed E-state index contributed by atoms with van der Waals surface area (Å²) in [6.45, 7) is 0. The molecule has 142 valence electrons. The third kappa shape index (κ3) is 2.95. The molecule has 0 N–H and O–H groups in total. The van der Waals surface area contributed by atoms with Gasteiger partial charge in [-0.3, -0.25) is 4.79 Å². The van der Waals surface area contributed by atoms with Gasteiger partial charge < -0.3 is 19.3 Å². The molecule has 5 heteroatoms. The molecule has 0 bridgehead atoms. The minimum absolute atomic E-state index is 0.0202. The summed E-state index contributed by atoms with van der Waals surface area (Å²) in [6.07, 6.45) is 0. The van der Waals surface area contributed by atoms with Gasteiger partial charge in [-0.1, -0.05) is 30.3 Å². The first-order valence-corrected chi connectivity index (χ1v) is 9.08. The molecule has 1 heterocycles. The third-order valence-corrected chi connectivity index (χ3v) is 5.08. The zero-order chi connectivity index (χ0) is 19.7. The molecule has 1 unspecified atom stereocenters. The van der Waals surface area contributed by atoms with Crippen LogP contribution in [0.5, 0.6) is 11.5 Å². The van der Waals surface area contributed by atoms with E-state index in [1.807, 2.05) is 84.7 Å². The van der Waals surface area contributed by atoms with E-state index in [1.165, 1.54) is 0 Å². The van der Waals surface area contributed by atoms with Gasteiger partial charge in [-0.05, 0) is 30.3 Å². The van der Waals surface area contributed by atoms with Gasteiger partial charge in [-0.15, -0.1) is 0 Å². The molecule has 0 saturated carbocycles. The Hall–Kier alpha value is -3.47. The topological polar surface area (TPSA) is 42.0 Å². The van der Waals surface area contributed by atoms with Gasteiger partial charge in [0.2, 0.25) is 0 Å². The first-order chi connectivity index (χ1) is 13.6. The number of anilines is 3. The fourth-order valence-electron chi connectivity index (χ4n) is 3.68. The molecule has 1 aliphatic heterocycles. The molecule has 4 rings (SSSR count). The van der Waals surface area contributed by atoms with Crippen LogP contribution >= 0.6 is 0 Å². The summed E-state index contributed by atoms with van der Waals surface area (Å²) in [5.41, 5.74) is 3.64. The molecular formula is C23H22N2O3. The zero-order valence-corrected chi connectivity index (χ0v) is 16.1. The van der Waals surface area contributed by atoms with Crippen LogP contribution in [0.1, 0.15) is 11.6 Å². The predicted octanol–water partition coefficient (Wildman–Crippen LogP) is 4.56. The van der Waals surface area contributed by atoms with Gasteiger partial charge in [0.1, 0.15) is 17.5 Å². The number of likely N-dealkylation sites (N-methyl/N-ethyl adjacent to an activating group) is 1. The molecule has 0 aromatic heterocycles. The van der Waals surface area contributed by atoms with E-state index in [2.05, 4.69) is 0 Å². The molecule has 0 spiro atoms. The Morgan fingerprint density at radius 2 is 1.39 bits per heavy atom. The van der Waals surface area contributed by atoms with Crippen LogP contribution in [0.25, 0.3) is 0 Å². The average Bonchev–Trinajstić information content (AvgIpc) is 3.00. The van der Waals surface area contributed by atoms with Crippen LogP contribution in [-0.4, -0.2) is 27.2 Å². The summed E-state index contributed by atoms with van der Waals surface area (Å²) < 4.78 is 10.8. The lowest BCUT2D eigenvalue weighted by molar-refractivity contribution is -0.118. The minimum Gasteiger partial charge on any atom is -0.497 e. The van der Waals surface area contributed by atoms with Crippen LogP contribution in [0.4, 0.5) is 17.1 Å². The van der Waals surface area contributed by atoms with Crippen LogP contribution in [0.15, 0.2) is 72.8 Å². The van der Waals surface area contributed by atoms with E-state index in [4.69, 9.17) is 9.47 Å². The number of methoxy groups -OCH3 is 2. The van der Waals surface area contributed by atoms with Crippen LogP contribution < -0.4 is 19.3 Å². The fraction of sp³-hybridized carbons (Fsp3) is 0.174. The normalized spacial score (nSPS) is 15.3. The van der Waals surface area contributed by atoms with Crippen molar-refractivity contribution in [2.75, 3.05) is 31.1 Å². The second-order valence-corrected chi connectivity index (χ2v) is 6.63. The molecule has 5 nitrogen and oxygen atoms in total. The van der Waals surface area contributed by atoms with Gasteiger partial charge in [0.25, 0.3) is 5.91 Å². The van der Waals surface area contributed by atoms with Crippen molar-refractivity contribution >= 4 is 23.0 Å². The first kappa shape index (κ1) is 17.9. The molecule has 1 atom stereocenters. The molecule has 0 aliphatic carbocycles. The number of carbonyl (C=O) groups excluding carboxylic acids is 1. The number of hydrogen-bond acceptors (Lipinski definition) is 4. The highest BCUT2D eigenvalue weighted by Crippen LogP contribution is 2.45. The van der Waals surface area contributed by atoms with Gasteiger partial charge in [0, 0.05) is 41.8 Å². The van der Waals surface area contributed by atoms with Gasteiger partial charge in [0.05, 0.1) is 14.2 Å². The second-order valence-electron chi connectivity index (χ2n) is 6.63. The molecule has 3 aromatic rings. The van der Waals surface area contributed by atoms with Crippen molar-refractivity contribution in [1.29, 1.82) is 0 Å². The maximum absolute atomic E-state index is 13.3. The highest BCUT2D eigenvalue weighted by atomic mass is 16.5. The maximum atomic E-state index is 13.3. The van der Waals surface area contributed by atoms with E-state index >= 15 is 0 Å². The van der Waals surface area contributed by atoms with Crippen molar-refractivity contribution < 1.29 is 14.3 Å². The fourth-order valence-corrected chi connectivity index (χ4v) is 3.68. The minimum atomic E-state index is -0.472. The highest BCUT2D eigenvalue weighted by Gasteiger charge is 2.40. The molecule has 0 fully saturated rings. The Kier molecular flexibility index (Phi) is 4.65. The van der Waals surface area contributed by atoms with Gasteiger partial charge >= 0.3 is 0 Å². The van der Waals surface area contributed by atoms with E-state index in [1.54, 1.807) is 19.1 Å². The zero-order valence-electron chi connectivity index (χ0n) is 16.1. The van der Waals surface area contributed by atoms with Crippen molar-refractivity contribution in [2.45, 2.75) is 6.04 Å². The Balaban J connectivity index is 1.92. The maximum Gasteiger partial charge on any atom is 0.254 e. The van der Waals surface area contributed by atoms with E-state index in [0.29, 0.717) is 0 Å². The summed E-state index contributed by atoms with van der Waals surface area (Å²) in [7, 11) is 5.09. The molecule has 0 saturated heterocycles. The van der Waals surface area contributed by atoms with E-state index in [9.17, 15) is 4.79 Å². The Morgan fingerprint density at radius 3 is 1.96 bits per heavy atom. The summed E-state index contributed by atoms with van der Waals surface area (Å²) in [5.74, 6) is 1.49. The number of nitrogens with zero attached hydrogens (tertiary/aromatic N) is 2. The summed E-state index contributed by atoms with van der Waals surface area (Å²) >= 11 is 0. The molecule has 28 heavy (non-hydrogen) atoms. The highest BCUT2D eigenvalue weighted by molar-refractivity contribution is 6.07. The van der Waals surface area contributed by atoms with E-state index in [0.717, 1.165) is 34.1 Å². The first-order valence-electron chi connectivity index (χ1n) is 9.08. The summed E-state index contributed by atoms with van der Waals surface area (Å²) in [5, 5.41) is 0. The van der Waals surface area contributed by atoms with Crippen LogP contribution in [0.3, 0.4) is 0 Å². The molecule has 1 amide bonds. The molecule has 3 aromatic carbocycles. The van der Waals surface area contributed by atoms with Crippen LogP contribution in [0, 0.1) is 0 Å². The average molecular weight is 374 g/mol. The number of ether oxygens (including phenoxy) is 2. The number of rotatable bonds is 5. The Bertz CT molecular complexity index is 970. The lowest BCUT2D eigenvalue weighted by Gasteiger charge is -2.31. The van der Waals surface area contributed by atoms with Crippen molar-refractivity contribution in [3.8, 4) is 11.5 Å². The number of para-hydroxylation sites is 1. The Morgan fingerprint density at radius 1 is 0.821 bits per heavy atom. The number of hydrogen-bond donors (Lipinski definition) is 0. The smallest absolute Gasteiger partial charge is 0.254 e. The lowest BCUT2D eigenvalue weighted by Crippen LogP contribution is -2.33. The third-order valence-electron chi connectivity index (χ3n) is 5.08. The van der Waals surface area contributed by atoms with Crippen LogP contribution in [-0.2, 0) is 4.79 Å². The number of benzene rings is 3. The Labute approximate surface area is 164 Å². The van der Waals surface area contributed by atoms with E-state index < -0.39 is 6.04 Å². The largest absolute Gasteiger partial charge is 0.497 e. The van der Waals surface area contributed by atoms with Crippen molar-refractivity contribution in [2.24, 2.45) is 0 Å². The molecule has 0 radical (unpaired) electrons. The van der Waals surface area contributed by atoms with E-state index in [-0.39, 0.29) is 5.91 Å². The summed E-state index contributed by atoms with van der Waals surface area (Å²) in [6, 6.07) is 22.9. The predicted molar refractivity (Wildman–Crippen MR) is 111 cm³/mol. The van der Waals surface area contributed by atoms with Crippen molar-refractivity contribution in [3.05, 3.63) is 78.4 Å². The summed E-state index contributed by atoms with van der Waals surface area (Å²) in [4.78, 5) is 17.0. The van der Waals surface area contributed by atoms with Crippen LogP contribution in [0.2, 0.25) is 0 Å². The SMILES string of the molecule is COc1cccc(N(c2cccc(OC)c2)C2C(=O)N(C)c3ccccc32)c1. The monoisotopic (exact) mass is 374 g/mol. The van der Waals surface area contributed by atoms with Gasteiger partial charge in [-0.2, -0.15) is 0 Å². The number of fused-ring (bicyclic) bond motifs is 1. The second kappa shape index (κ2) is 7.27. The number of amides is 1. The lowest BCUT2D eigenvalue weighted by atomic mass is 10.0. The van der Waals surface area contributed by atoms with Gasteiger partial charge in [-0.25, -0.2) is 0 Å². The quantitative estimate of drug-likeness (QED) is 0.657. The van der Waals surface area contributed by atoms with Crippen molar-refractivity contribution in [3.63, 3.8) is 0 Å². The van der Waals surface area contributed by atoms with Crippen molar-refractivity contribution in [1.82, 2.24) is 0 Å². The van der Waals surface area contributed by atoms with Gasteiger partial charge in [0.15, 0.2) is 0 Å². The molecule has 1 aliphatic rings. The molecular weight excluding hydrogens is 352 g/mol. The standard InChI is InChI=1S/C23H22N2O3/c1-24-21-13-5-4-12-20(21)22(23(24)26)25(16-8-6-10-18(14-16)27-2)17-9-7-11-19(15-17)28-3/h4-15,22H,1-3H3. The number of carbonyl (C=O) groups is 1.